The molecule has 0 saturated carbocycles. The number of carbonyl (C=O) groups is 2. The number of hydrogen-bond acceptors (Lipinski definition) is 4. The summed E-state index contributed by atoms with van der Waals surface area (Å²) >= 11 is 0. The second-order valence-corrected chi connectivity index (χ2v) is 4.65. The predicted octanol–water partition coefficient (Wildman–Crippen LogP) is -0.287. The van der Waals surface area contributed by atoms with Crippen molar-refractivity contribution in [2.75, 3.05) is 26.2 Å². The topological polar surface area (TPSA) is 79.5 Å². The maximum absolute atomic E-state index is 12.2. The zero-order valence-electron chi connectivity index (χ0n) is 11.0. The molecule has 0 aromatic carbocycles. The Bertz CT molecular complexity index is 455. The normalized spacial score (nSPS) is 18.1. The zero-order chi connectivity index (χ0) is 13.8. The first-order chi connectivity index (χ1) is 9.09. The van der Waals surface area contributed by atoms with Crippen molar-refractivity contribution in [3.63, 3.8) is 0 Å². The molecule has 102 valence electrons. The SMILES string of the molecule is CC(C(N)=O)N1CCN(C(=O)c2cccnc2)CC1. The summed E-state index contributed by atoms with van der Waals surface area (Å²) in [6.45, 7) is 4.32. The van der Waals surface area contributed by atoms with Crippen LogP contribution in [0.5, 0.6) is 0 Å². The molecule has 1 atom stereocenters. The molecule has 6 heteroatoms. The molecule has 0 aliphatic carbocycles. The van der Waals surface area contributed by atoms with Crippen LogP contribution in [0, 0.1) is 0 Å². The second-order valence-electron chi connectivity index (χ2n) is 4.65. The third-order valence-electron chi connectivity index (χ3n) is 3.47. The molecule has 2 amide bonds. The van der Waals surface area contributed by atoms with Gasteiger partial charge in [0.25, 0.3) is 5.91 Å². The van der Waals surface area contributed by atoms with E-state index in [-0.39, 0.29) is 17.9 Å². The van der Waals surface area contributed by atoms with Crippen LogP contribution in [-0.4, -0.2) is 58.8 Å². The fourth-order valence-corrected chi connectivity index (χ4v) is 2.16. The van der Waals surface area contributed by atoms with Crippen molar-refractivity contribution in [2.24, 2.45) is 5.73 Å². The van der Waals surface area contributed by atoms with Gasteiger partial charge in [0.1, 0.15) is 0 Å². The zero-order valence-corrected chi connectivity index (χ0v) is 11.0. The summed E-state index contributed by atoms with van der Waals surface area (Å²) in [6.07, 6.45) is 3.21. The first kappa shape index (κ1) is 13.5. The smallest absolute Gasteiger partial charge is 0.255 e. The molecular weight excluding hydrogens is 244 g/mol. The van der Waals surface area contributed by atoms with E-state index in [1.807, 2.05) is 4.90 Å². The van der Waals surface area contributed by atoms with Crippen molar-refractivity contribution in [1.82, 2.24) is 14.8 Å². The standard InChI is InChI=1S/C13H18N4O2/c1-10(12(14)18)16-5-7-17(8-6-16)13(19)11-3-2-4-15-9-11/h2-4,9-10H,5-8H2,1H3,(H2,14,18). The number of rotatable bonds is 3. The van der Waals surface area contributed by atoms with Crippen molar-refractivity contribution in [1.29, 1.82) is 0 Å². The van der Waals surface area contributed by atoms with Crippen molar-refractivity contribution >= 4 is 11.8 Å². The van der Waals surface area contributed by atoms with Gasteiger partial charge in [-0.3, -0.25) is 19.5 Å². The molecule has 1 aliphatic rings. The van der Waals surface area contributed by atoms with E-state index in [4.69, 9.17) is 5.73 Å². The first-order valence-corrected chi connectivity index (χ1v) is 6.32. The molecule has 19 heavy (non-hydrogen) atoms. The highest BCUT2D eigenvalue weighted by Gasteiger charge is 2.26. The number of pyridine rings is 1. The summed E-state index contributed by atoms with van der Waals surface area (Å²) in [4.78, 5) is 31.0. The summed E-state index contributed by atoms with van der Waals surface area (Å²) in [5.41, 5.74) is 5.88. The third kappa shape index (κ3) is 3.08. The van der Waals surface area contributed by atoms with Crippen molar-refractivity contribution in [2.45, 2.75) is 13.0 Å². The van der Waals surface area contributed by atoms with Crippen molar-refractivity contribution < 1.29 is 9.59 Å². The number of carbonyl (C=O) groups excluding carboxylic acids is 2. The third-order valence-corrected chi connectivity index (χ3v) is 3.47. The van der Waals surface area contributed by atoms with E-state index in [1.165, 1.54) is 0 Å². The molecule has 6 nitrogen and oxygen atoms in total. The molecular formula is C13H18N4O2. The molecule has 0 radical (unpaired) electrons. The van der Waals surface area contributed by atoms with Crippen molar-refractivity contribution in [3.05, 3.63) is 30.1 Å². The molecule has 1 saturated heterocycles. The average Bonchev–Trinajstić information content (AvgIpc) is 2.46. The molecule has 1 aromatic heterocycles. The largest absolute Gasteiger partial charge is 0.368 e. The quantitative estimate of drug-likeness (QED) is 0.812. The Morgan fingerprint density at radius 1 is 1.32 bits per heavy atom. The van der Waals surface area contributed by atoms with Gasteiger partial charge in [-0.1, -0.05) is 0 Å². The van der Waals surface area contributed by atoms with Crippen LogP contribution in [0.3, 0.4) is 0 Å². The Kier molecular flexibility index (Phi) is 4.11. The van der Waals surface area contributed by atoms with Crippen LogP contribution in [0.1, 0.15) is 17.3 Å². The maximum Gasteiger partial charge on any atom is 0.255 e. The van der Waals surface area contributed by atoms with Crippen molar-refractivity contribution in [3.8, 4) is 0 Å². The van der Waals surface area contributed by atoms with Gasteiger partial charge in [-0.2, -0.15) is 0 Å². The van der Waals surface area contributed by atoms with Gasteiger partial charge in [-0.05, 0) is 19.1 Å². The van der Waals surface area contributed by atoms with Crippen LogP contribution in [0.25, 0.3) is 0 Å². The minimum atomic E-state index is -0.327. The second kappa shape index (κ2) is 5.79. The monoisotopic (exact) mass is 262 g/mol. The number of aromatic nitrogens is 1. The highest BCUT2D eigenvalue weighted by atomic mass is 16.2. The van der Waals surface area contributed by atoms with Crippen LogP contribution in [0.2, 0.25) is 0 Å². The lowest BCUT2D eigenvalue weighted by Gasteiger charge is -2.36. The number of hydrogen-bond donors (Lipinski definition) is 1. The van der Waals surface area contributed by atoms with Gasteiger partial charge in [0.15, 0.2) is 0 Å². The predicted molar refractivity (Wildman–Crippen MR) is 70.4 cm³/mol. The Labute approximate surface area is 112 Å². The Morgan fingerprint density at radius 2 is 2.00 bits per heavy atom. The minimum Gasteiger partial charge on any atom is -0.368 e. The van der Waals surface area contributed by atoms with Gasteiger partial charge < -0.3 is 10.6 Å². The molecule has 1 aliphatic heterocycles. The van der Waals surface area contributed by atoms with Crippen LogP contribution in [0.4, 0.5) is 0 Å². The number of piperazine rings is 1. The Balaban J connectivity index is 1.93. The van der Waals surface area contributed by atoms with E-state index in [0.717, 1.165) is 0 Å². The summed E-state index contributed by atoms with van der Waals surface area (Å²) in [7, 11) is 0. The molecule has 2 heterocycles. The van der Waals surface area contributed by atoms with Gasteiger partial charge in [0.2, 0.25) is 5.91 Å². The summed E-state index contributed by atoms with van der Waals surface area (Å²) in [6, 6.07) is 3.22. The maximum atomic E-state index is 12.2. The summed E-state index contributed by atoms with van der Waals surface area (Å²) in [5.74, 6) is -0.341. The lowest BCUT2D eigenvalue weighted by molar-refractivity contribution is -0.123. The van der Waals surface area contributed by atoms with Gasteiger partial charge >= 0.3 is 0 Å². The molecule has 1 unspecified atom stereocenters. The van der Waals surface area contributed by atoms with Crippen LogP contribution < -0.4 is 5.73 Å². The van der Waals surface area contributed by atoms with E-state index < -0.39 is 0 Å². The molecule has 1 fully saturated rings. The highest BCUT2D eigenvalue weighted by Crippen LogP contribution is 2.10. The van der Waals surface area contributed by atoms with E-state index in [9.17, 15) is 9.59 Å². The molecule has 1 aromatic rings. The van der Waals surface area contributed by atoms with Crippen LogP contribution in [0.15, 0.2) is 24.5 Å². The van der Waals surface area contributed by atoms with Gasteiger partial charge in [0.05, 0.1) is 11.6 Å². The number of nitrogens with two attached hydrogens (primary N) is 1. The summed E-state index contributed by atoms with van der Waals surface area (Å²) < 4.78 is 0. The Morgan fingerprint density at radius 3 is 2.53 bits per heavy atom. The molecule has 0 spiro atoms. The number of nitrogens with zero attached hydrogens (tertiary/aromatic N) is 3. The Hall–Kier alpha value is -1.95. The summed E-state index contributed by atoms with van der Waals surface area (Å²) in [5, 5.41) is 0. The van der Waals surface area contributed by atoms with Gasteiger partial charge in [0, 0.05) is 38.6 Å². The van der Waals surface area contributed by atoms with Gasteiger partial charge in [-0.15, -0.1) is 0 Å². The van der Waals surface area contributed by atoms with Gasteiger partial charge in [-0.25, -0.2) is 0 Å². The fourth-order valence-electron chi connectivity index (χ4n) is 2.16. The fraction of sp³-hybridized carbons (Fsp3) is 0.462. The van der Waals surface area contributed by atoms with E-state index >= 15 is 0 Å². The lowest BCUT2D eigenvalue weighted by atomic mass is 10.2. The highest BCUT2D eigenvalue weighted by molar-refractivity contribution is 5.94. The van der Waals surface area contributed by atoms with Crippen LogP contribution in [-0.2, 0) is 4.79 Å². The molecule has 2 N–H and O–H groups in total. The van der Waals surface area contributed by atoms with E-state index in [0.29, 0.717) is 31.7 Å². The number of amides is 2. The van der Waals surface area contributed by atoms with E-state index in [1.54, 1.807) is 36.4 Å². The van der Waals surface area contributed by atoms with Crippen LogP contribution >= 0.6 is 0 Å². The van der Waals surface area contributed by atoms with E-state index in [2.05, 4.69) is 4.98 Å². The average molecular weight is 262 g/mol. The molecule has 0 bridgehead atoms. The number of primary amides is 1. The minimum absolute atomic E-state index is 0.0144. The lowest BCUT2D eigenvalue weighted by Crippen LogP contribution is -2.54. The first-order valence-electron chi connectivity index (χ1n) is 6.32. The molecule has 2 rings (SSSR count).